The topological polar surface area (TPSA) is 204 Å². The number of hydrogen-bond donors (Lipinski definition) is 0. The minimum atomic E-state index is -5.39. The molecule has 0 aromatic rings. The fourth-order valence-electron chi connectivity index (χ4n) is 0. The minimum absolute atomic E-state index is 0. The van der Waals surface area contributed by atoms with E-state index in [1.165, 1.54) is 0 Å². The summed E-state index contributed by atoms with van der Waals surface area (Å²) in [6.45, 7) is 0. The Bertz CT molecular complexity index is 136. The maximum Gasteiger partial charge on any atom is 2.00 e. The molecule has 2 N–H and O–H groups in total. The second kappa shape index (κ2) is 19.1. The fraction of sp³-hybridized carbons (Fsp3) is 0. The quantitative estimate of drug-likeness (QED) is 0.231. The van der Waals surface area contributed by atoms with Crippen molar-refractivity contribution in [1.29, 1.82) is 0 Å². The predicted octanol–water partition coefficient (Wildman–Crippen LogP) is -6.48. The Kier molecular flexibility index (Phi) is 54.8. The third kappa shape index (κ3) is 485. The second-order valence-corrected chi connectivity index (χ2v) is 2.68. The third-order valence-electron chi connectivity index (χ3n) is 0. The van der Waals surface area contributed by atoms with Gasteiger partial charge in [0.05, 0.1) is 0 Å². The molecule has 0 aliphatic rings. The normalized spacial score (nSPS) is 7.87. The molecule has 0 aliphatic carbocycles. The van der Waals surface area contributed by atoms with Gasteiger partial charge in [-0.1, -0.05) is 0 Å². The molecule has 0 atom stereocenters. The smallest absolute Gasteiger partial charge is 0.822 e. The van der Waals surface area contributed by atoms with E-state index in [4.69, 9.17) is 38.5 Å². The van der Waals surface area contributed by atoms with Gasteiger partial charge in [0.15, 0.2) is 0 Å². The summed E-state index contributed by atoms with van der Waals surface area (Å²) in [4.78, 5) is 51.3. The van der Waals surface area contributed by atoms with Gasteiger partial charge in [-0.2, -0.15) is 15.6 Å². The molecule has 78 valence electrons. The van der Waals surface area contributed by atoms with Gasteiger partial charge in [0.25, 0.3) is 0 Å². The standard InChI is InChI=1S/Mo.2H3O4P.H2O.3Zn/c;2*1-5(2,3)4;;;;/h;2*(H3,1,2,3,4);1H2;;;/q;;;;3*+2/p-6. The second-order valence-electron chi connectivity index (χ2n) is 0.894. The average Bonchev–Trinajstić information content (AvgIpc) is 1.12. The third-order valence-corrected chi connectivity index (χ3v) is 0. The first-order chi connectivity index (χ1) is 4.00. The minimum Gasteiger partial charge on any atom is -0.822 e. The molecule has 0 fully saturated rings. The van der Waals surface area contributed by atoms with Gasteiger partial charge in [0, 0.05) is 21.1 Å². The van der Waals surface area contributed by atoms with Crippen molar-refractivity contribution in [3.05, 3.63) is 0 Å². The maximum atomic E-state index is 8.55. The number of rotatable bonds is 0. The predicted molar refractivity (Wildman–Crippen MR) is 18.8 cm³/mol. The van der Waals surface area contributed by atoms with Gasteiger partial charge in [0.2, 0.25) is 0 Å². The van der Waals surface area contributed by atoms with E-state index in [1.807, 2.05) is 0 Å². The van der Waals surface area contributed by atoms with Gasteiger partial charge in [-0.15, -0.1) is 0 Å². The molecule has 15 heteroatoms. The van der Waals surface area contributed by atoms with Gasteiger partial charge in [-0.05, 0) is 0 Å². The van der Waals surface area contributed by atoms with Crippen molar-refractivity contribution in [3.63, 3.8) is 0 Å². The first kappa shape index (κ1) is 43.1. The van der Waals surface area contributed by atoms with Crippen LogP contribution in [0.25, 0.3) is 0 Å². The number of hydrogen-bond acceptors (Lipinski definition) is 8. The van der Waals surface area contributed by atoms with E-state index in [1.54, 1.807) is 0 Å². The molecule has 0 saturated carbocycles. The molecular weight excluding hydrogens is 498 g/mol. The summed E-state index contributed by atoms with van der Waals surface area (Å²) in [5.41, 5.74) is 0. The molecule has 15 heavy (non-hydrogen) atoms. The van der Waals surface area contributed by atoms with Crippen LogP contribution in [0.4, 0.5) is 0 Å². The van der Waals surface area contributed by atoms with Gasteiger partial charge < -0.3 is 44.0 Å². The molecule has 0 unspecified atom stereocenters. The van der Waals surface area contributed by atoms with Crippen LogP contribution in [0.2, 0.25) is 0 Å². The van der Waals surface area contributed by atoms with E-state index < -0.39 is 15.6 Å². The summed E-state index contributed by atoms with van der Waals surface area (Å²) in [5.74, 6) is 0. The van der Waals surface area contributed by atoms with Crippen LogP contribution in [-0.2, 0) is 88.6 Å². The van der Waals surface area contributed by atoms with Crippen LogP contribution in [0.3, 0.4) is 0 Å². The fourth-order valence-corrected chi connectivity index (χ4v) is 0. The molecule has 0 aliphatic heterocycles. The van der Waals surface area contributed by atoms with Crippen molar-refractivity contribution >= 4 is 15.6 Å². The zero-order valence-electron chi connectivity index (χ0n) is 7.19. The van der Waals surface area contributed by atoms with Crippen molar-refractivity contribution in [1.82, 2.24) is 0 Å². The van der Waals surface area contributed by atoms with Crippen LogP contribution >= 0.6 is 15.6 Å². The Morgan fingerprint density at radius 3 is 0.600 bits per heavy atom. The zero-order chi connectivity index (χ0) is 9.00. The van der Waals surface area contributed by atoms with Crippen molar-refractivity contribution in [2.75, 3.05) is 0 Å². The molecule has 0 heterocycles. The van der Waals surface area contributed by atoms with Crippen LogP contribution in [-0.4, -0.2) is 5.48 Å². The Morgan fingerprint density at radius 2 is 0.600 bits per heavy atom. The molecule has 0 saturated heterocycles. The first-order valence-electron chi connectivity index (χ1n) is 1.46. The summed E-state index contributed by atoms with van der Waals surface area (Å²) in [7, 11) is -10.8. The van der Waals surface area contributed by atoms with Crippen molar-refractivity contribution in [2.45, 2.75) is 0 Å². The molecule has 9 nitrogen and oxygen atoms in total. The molecular formula is H2MoO9P2Zn3. The summed E-state index contributed by atoms with van der Waals surface area (Å²) >= 11 is 0. The van der Waals surface area contributed by atoms with Crippen LogP contribution in [0, 0.1) is 0 Å². The Labute approximate surface area is 138 Å². The molecule has 0 aromatic carbocycles. The van der Waals surface area contributed by atoms with E-state index in [-0.39, 0.29) is 85.0 Å². The van der Waals surface area contributed by atoms with E-state index in [0.717, 1.165) is 0 Å². The first-order valence-corrected chi connectivity index (χ1v) is 4.38. The summed E-state index contributed by atoms with van der Waals surface area (Å²) in [5, 5.41) is 0. The summed E-state index contributed by atoms with van der Waals surface area (Å²) < 4.78 is 17.1. The van der Waals surface area contributed by atoms with E-state index in [2.05, 4.69) is 0 Å². The van der Waals surface area contributed by atoms with E-state index in [0.29, 0.717) is 0 Å². The van der Waals surface area contributed by atoms with Crippen molar-refractivity contribution in [2.24, 2.45) is 0 Å². The van der Waals surface area contributed by atoms with Crippen molar-refractivity contribution in [3.8, 4) is 0 Å². The summed E-state index contributed by atoms with van der Waals surface area (Å²) in [6.07, 6.45) is 0. The van der Waals surface area contributed by atoms with Gasteiger partial charge in [0.1, 0.15) is 0 Å². The molecule has 0 radical (unpaired) electrons. The van der Waals surface area contributed by atoms with E-state index in [9.17, 15) is 0 Å². The molecule has 0 aromatic heterocycles. The largest absolute Gasteiger partial charge is 2.00 e. The average molecular weight is 500 g/mol. The van der Waals surface area contributed by atoms with Gasteiger partial charge in [-0.3, -0.25) is 0 Å². The molecule has 0 amide bonds. The monoisotopic (exact) mass is 498 g/mol. The van der Waals surface area contributed by atoms with Crippen LogP contribution < -0.4 is 29.4 Å². The Balaban J connectivity index is -0.0000000128. The SMILES string of the molecule is O.O=P([O-])([O-])[O-].O=P([O-])([O-])[O-].[Mo].[Zn+2].[Zn+2].[Zn+2]. The molecule has 0 rings (SSSR count). The van der Waals surface area contributed by atoms with Crippen molar-refractivity contribution < 1.29 is 123 Å². The van der Waals surface area contributed by atoms with Gasteiger partial charge >= 0.3 is 58.4 Å². The summed E-state index contributed by atoms with van der Waals surface area (Å²) in [6, 6.07) is 0. The zero-order valence-corrected chi connectivity index (χ0v) is 19.9. The van der Waals surface area contributed by atoms with Crippen LogP contribution in [0.5, 0.6) is 0 Å². The van der Waals surface area contributed by atoms with Gasteiger partial charge in [-0.25, -0.2) is 0 Å². The van der Waals surface area contributed by atoms with E-state index >= 15 is 0 Å². The molecule has 0 spiro atoms. The van der Waals surface area contributed by atoms with Crippen LogP contribution in [0.15, 0.2) is 0 Å². The van der Waals surface area contributed by atoms with Crippen LogP contribution in [0.1, 0.15) is 0 Å². The Hall–Kier alpha value is 2.74. The Morgan fingerprint density at radius 1 is 0.600 bits per heavy atom. The number of phosphoric acid groups is 2. The molecule has 0 bridgehead atoms. The maximum absolute atomic E-state index is 8.55.